The molecule has 0 bridgehead atoms. The third kappa shape index (κ3) is 66.2. The van der Waals surface area contributed by atoms with Gasteiger partial charge in [-0.3, -0.25) is 0 Å². The lowest BCUT2D eigenvalue weighted by Gasteiger charge is -1.93. The van der Waals surface area contributed by atoms with Crippen LogP contribution >= 0.6 is 27.5 Å². The van der Waals surface area contributed by atoms with Gasteiger partial charge in [0.05, 0.1) is 0 Å². The predicted octanol–water partition coefficient (Wildman–Crippen LogP) is 1.72. The molecule has 1 nitrogen and oxygen atoms in total. The first-order valence-electron chi connectivity index (χ1n) is 1.08. The summed E-state index contributed by atoms with van der Waals surface area (Å²) >= 11 is 7.48. The zero-order chi connectivity index (χ0) is 4.50. The van der Waals surface area contributed by atoms with Crippen LogP contribution in [0.1, 0.15) is 6.92 Å². The smallest absolute Gasteiger partial charge is 0.199 e. The Morgan fingerprint density at radius 2 is 2.00 bits per heavy atom. The van der Waals surface area contributed by atoms with Gasteiger partial charge in [0.15, 0.2) is 0 Å². The van der Waals surface area contributed by atoms with Crippen molar-refractivity contribution >= 4 is 27.5 Å². The third-order valence-electron chi connectivity index (χ3n) is 0. The minimum Gasteiger partial charge on any atom is -0.199 e. The molecule has 0 fully saturated rings. The van der Waals surface area contributed by atoms with Gasteiger partial charge in [-0.25, -0.2) is 0 Å². The average molecular weight is 158 g/mol. The summed E-state index contributed by atoms with van der Waals surface area (Å²) in [6, 6.07) is 0. The quantitative estimate of drug-likeness (QED) is 0.479. The van der Waals surface area contributed by atoms with Gasteiger partial charge < -0.3 is 0 Å². The summed E-state index contributed by atoms with van der Waals surface area (Å²) < 4.78 is -1.47. The van der Waals surface area contributed by atoms with Gasteiger partial charge in [0, 0.05) is 0 Å². The maximum atomic E-state index is 9.79. The molecule has 0 aromatic carbocycles. The van der Waals surface area contributed by atoms with Crippen molar-refractivity contribution < 1.29 is 5.11 Å². The van der Waals surface area contributed by atoms with Crippen LogP contribution in [0.2, 0.25) is 0 Å². The van der Waals surface area contributed by atoms with E-state index in [9.17, 15) is 5.11 Å². The highest BCUT2D eigenvalue weighted by atomic mass is 79.9. The zero-order valence-corrected chi connectivity index (χ0v) is 5.01. The molecular weight excluding hydrogens is 155 g/mol. The number of hydrogen-bond acceptors (Lipinski definition) is 0. The molecule has 0 saturated heterocycles. The van der Waals surface area contributed by atoms with Crippen molar-refractivity contribution in [3.63, 3.8) is 0 Å². The number of rotatable bonds is 0. The standard InChI is InChI=1S/C2H3BrClO/c1-2(3,4)5/h1H3. The molecule has 5 heavy (non-hydrogen) atoms. The first-order valence-corrected chi connectivity index (χ1v) is 2.25. The molecule has 0 amide bonds. The summed E-state index contributed by atoms with van der Waals surface area (Å²) in [5, 5.41) is 9.79. The summed E-state index contributed by atoms with van der Waals surface area (Å²) in [5.74, 6) is 0. The highest BCUT2D eigenvalue weighted by Crippen LogP contribution is 2.17. The van der Waals surface area contributed by atoms with Crippen LogP contribution in [0.3, 0.4) is 0 Å². The molecule has 0 aliphatic carbocycles. The molecule has 0 aliphatic heterocycles. The molecule has 1 atom stereocenters. The Balaban J connectivity index is 3.02. The number of halogens is 2. The molecule has 0 aromatic rings. The van der Waals surface area contributed by atoms with Crippen molar-refractivity contribution in [3.8, 4) is 0 Å². The largest absolute Gasteiger partial charge is 0.227 e. The highest BCUT2D eigenvalue weighted by molar-refractivity contribution is 9.10. The van der Waals surface area contributed by atoms with Gasteiger partial charge in [0.2, 0.25) is 3.97 Å². The van der Waals surface area contributed by atoms with E-state index in [-0.39, 0.29) is 0 Å². The van der Waals surface area contributed by atoms with Crippen LogP contribution in [0, 0.1) is 0 Å². The van der Waals surface area contributed by atoms with Gasteiger partial charge in [-0.15, -0.1) is 0 Å². The Kier molecular flexibility index (Phi) is 1.67. The molecule has 0 aliphatic rings. The summed E-state index contributed by atoms with van der Waals surface area (Å²) in [6.45, 7) is 1.31. The van der Waals surface area contributed by atoms with Crippen LogP contribution in [0.25, 0.3) is 0 Å². The van der Waals surface area contributed by atoms with Crippen LogP contribution in [0.15, 0.2) is 0 Å². The van der Waals surface area contributed by atoms with E-state index in [2.05, 4.69) is 15.9 Å². The second-order valence-corrected chi connectivity index (χ2v) is 3.50. The number of alkyl halides is 2. The minimum absolute atomic E-state index is 1.31. The van der Waals surface area contributed by atoms with E-state index in [1.807, 2.05) is 0 Å². The van der Waals surface area contributed by atoms with E-state index in [1.54, 1.807) is 0 Å². The van der Waals surface area contributed by atoms with Gasteiger partial charge in [-0.05, 0) is 22.9 Å². The Morgan fingerprint density at radius 3 is 2.00 bits per heavy atom. The van der Waals surface area contributed by atoms with Gasteiger partial charge in [0.25, 0.3) is 0 Å². The summed E-state index contributed by atoms with van der Waals surface area (Å²) in [5.41, 5.74) is 0. The molecule has 0 spiro atoms. The van der Waals surface area contributed by atoms with E-state index < -0.39 is 3.97 Å². The lowest BCUT2D eigenvalue weighted by atomic mass is 10.9. The lowest BCUT2D eigenvalue weighted by Crippen LogP contribution is -1.96. The van der Waals surface area contributed by atoms with Crippen LogP contribution in [0.4, 0.5) is 0 Å². The molecule has 0 N–H and O–H groups in total. The topological polar surface area (TPSA) is 19.9 Å². The molecule has 0 saturated carbocycles. The molecular formula is C2H3BrClO. The maximum absolute atomic E-state index is 9.79. The molecule has 0 heterocycles. The normalized spacial score (nSPS) is 21.6. The SMILES string of the molecule is CC([O])(Cl)Br. The van der Waals surface area contributed by atoms with Crippen molar-refractivity contribution in [2.45, 2.75) is 10.9 Å². The predicted molar refractivity (Wildman–Crippen MR) is 23.9 cm³/mol. The zero-order valence-electron chi connectivity index (χ0n) is 2.66. The van der Waals surface area contributed by atoms with Crippen LogP contribution in [-0.2, 0) is 5.11 Å². The van der Waals surface area contributed by atoms with Crippen molar-refractivity contribution in [1.29, 1.82) is 0 Å². The van der Waals surface area contributed by atoms with Crippen molar-refractivity contribution in [2.75, 3.05) is 0 Å². The van der Waals surface area contributed by atoms with Gasteiger partial charge >= 0.3 is 0 Å². The Bertz CT molecular complexity index is 25.1. The summed E-state index contributed by atoms with van der Waals surface area (Å²) in [4.78, 5) is 0. The summed E-state index contributed by atoms with van der Waals surface area (Å²) in [7, 11) is 0. The Hall–Kier alpha value is 0.730. The monoisotopic (exact) mass is 157 g/mol. The fourth-order valence-corrected chi connectivity index (χ4v) is 0. The van der Waals surface area contributed by atoms with E-state index >= 15 is 0 Å². The first kappa shape index (κ1) is 5.73. The Morgan fingerprint density at radius 1 is 2.00 bits per heavy atom. The van der Waals surface area contributed by atoms with E-state index in [4.69, 9.17) is 11.6 Å². The van der Waals surface area contributed by atoms with E-state index in [0.29, 0.717) is 0 Å². The second-order valence-electron chi connectivity index (χ2n) is 0.808. The Labute approximate surface area is 44.1 Å². The molecule has 1 unspecified atom stereocenters. The molecule has 1 radical (unpaired) electrons. The molecule has 0 aromatic heterocycles. The van der Waals surface area contributed by atoms with Gasteiger partial charge in [0.1, 0.15) is 0 Å². The lowest BCUT2D eigenvalue weighted by molar-refractivity contribution is 0.151. The minimum atomic E-state index is -1.47. The fraction of sp³-hybridized carbons (Fsp3) is 1.00. The van der Waals surface area contributed by atoms with Crippen LogP contribution < -0.4 is 0 Å². The van der Waals surface area contributed by atoms with E-state index in [0.717, 1.165) is 0 Å². The van der Waals surface area contributed by atoms with Crippen molar-refractivity contribution in [2.24, 2.45) is 0 Å². The van der Waals surface area contributed by atoms with Crippen LogP contribution in [0.5, 0.6) is 0 Å². The maximum Gasteiger partial charge on any atom is 0.227 e. The van der Waals surface area contributed by atoms with Crippen molar-refractivity contribution in [3.05, 3.63) is 0 Å². The van der Waals surface area contributed by atoms with Crippen LogP contribution in [-0.4, -0.2) is 3.97 Å². The molecule has 31 valence electrons. The first-order chi connectivity index (χ1) is 2.00. The van der Waals surface area contributed by atoms with Crippen molar-refractivity contribution in [1.82, 2.24) is 0 Å². The second kappa shape index (κ2) is 1.45. The third-order valence-corrected chi connectivity index (χ3v) is 0. The molecule has 3 heteroatoms. The summed E-state index contributed by atoms with van der Waals surface area (Å²) in [6.07, 6.45) is 0. The fourth-order valence-electron chi connectivity index (χ4n) is 0. The average Bonchev–Trinajstić information content (AvgIpc) is 0.722. The number of hydrogen-bond donors (Lipinski definition) is 0. The van der Waals surface area contributed by atoms with E-state index in [1.165, 1.54) is 6.92 Å². The highest BCUT2D eigenvalue weighted by Gasteiger charge is 2.08. The van der Waals surface area contributed by atoms with Gasteiger partial charge in [-0.1, -0.05) is 11.6 Å². The van der Waals surface area contributed by atoms with Gasteiger partial charge in [-0.2, -0.15) is 5.11 Å². The molecule has 0 rings (SSSR count).